The number of rotatable bonds is 7. The Morgan fingerprint density at radius 2 is 1.73 bits per heavy atom. The van der Waals surface area contributed by atoms with E-state index in [-0.39, 0.29) is 4.90 Å². The summed E-state index contributed by atoms with van der Waals surface area (Å²) in [4.78, 5) is 12.7. The average Bonchev–Trinajstić information content (AvgIpc) is 2.78. The highest BCUT2D eigenvalue weighted by Crippen LogP contribution is 2.26. The molecule has 1 amide bonds. The first-order valence-corrected chi connectivity index (χ1v) is 10.4. The summed E-state index contributed by atoms with van der Waals surface area (Å²) in [7, 11) is -2.48. The highest BCUT2D eigenvalue weighted by Gasteiger charge is 2.27. The number of nitrogens with zero attached hydrogens (tertiary/aromatic N) is 2. The summed E-state index contributed by atoms with van der Waals surface area (Å²) in [5, 5.41) is 11.6. The Morgan fingerprint density at radius 1 is 1.03 bits per heavy atom. The van der Waals surface area contributed by atoms with Gasteiger partial charge in [0.15, 0.2) is 0 Å². The predicted molar refractivity (Wildman–Crippen MR) is 114 cm³/mol. The lowest BCUT2D eigenvalue weighted by atomic mass is 10.2. The highest BCUT2D eigenvalue weighted by atomic mass is 32.2. The van der Waals surface area contributed by atoms with Crippen molar-refractivity contribution in [3.05, 3.63) is 84.4 Å². The topological polar surface area (TPSA) is 99.5 Å². The SMILES string of the molecule is COc1ccc(N(CC(=O)Nc2cccc(C#N)c2)S(=O)(=O)c2ccccc2)cc1. The van der Waals surface area contributed by atoms with Crippen molar-refractivity contribution in [2.24, 2.45) is 0 Å². The van der Waals surface area contributed by atoms with Crippen LogP contribution in [0.1, 0.15) is 5.56 Å². The maximum Gasteiger partial charge on any atom is 0.264 e. The van der Waals surface area contributed by atoms with Crippen molar-refractivity contribution >= 4 is 27.3 Å². The molecule has 7 nitrogen and oxygen atoms in total. The summed E-state index contributed by atoms with van der Waals surface area (Å²) in [6, 6.07) is 22.7. The molecular formula is C22H19N3O4S. The largest absolute Gasteiger partial charge is 0.497 e. The number of nitriles is 1. The van der Waals surface area contributed by atoms with E-state index in [0.717, 1.165) is 4.31 Å². The van der Waals surface area contributed by atoms with Gasteiger partial charge in [-0.1, -0.05) is 24.3 Å². The van der Waals surface area contributed by atoms with Gasteiger partial charge in [-0.05, 0) is 54.6 Å². The molecule has 152 valence electrons. The number of methoxy groups -OCH3 is 1. The van der Waals surface area contributed by atoms with Crippen molar-refractivity contribution < 1.29 is 17.9 Å². The number of ether oxygens (including phenoxy) is 1. The van der Waals surface area contributed by atoms with Crippen LogP contribution in [0.3, 0.4) is 0 Å². The second-order valence-corrected chi connectivity index (χ2v) is 8.13. The van der Waals surface area contributed by atoms with Gasteiger partial charge in [0.25, 0.3) is 10.0 Å². The lowest BCUT2D eigenvalue weighted by Crippen LogP contribution is -2.38. The van der Waals surface area contributed by atoms with Crippen LogP contribution in [0, 0.1) is 11.3 Å². The molecule has 0 radical (unpaired) electrons. The maximum absolute atomic E-state index is 13.2. The number of hydrogen-bond donors (Lipinski definition) is 1. The van der Waals surface area contributed by atoms with Crippen molar-refractivity contribution in [1.29, 1.82) is 5.26 Å². The van der Waals surface area contributed by atoms with Crippen molar-refractivity contribution in [1.82, 2.24) is 0 Å². The summed E-state index contributed by atoms with van der Waals surface area (Å²) in [6.07, 6.45) is 0. The standard InChI is InChI=1S/C22H19N3O4S/c1-29-20-12-10-19(11-13-20)25(30(27,28)21-8-3-2-4-9-21)16-22(26)24-18-7-5-6-17(14-18)15-23/h2-14H,16H2,1H3,(H,24,26). The zero-order valence-corrected chi connectivity index (χ0v) is 17.0. The predicted octanol–water partition coefficient (Wildman–Crippen LogP) is 3.40. The van der Waals surface area contributed by atoms with Crippen LogP contribution >= 0.6 is 0 Å². The molecule has 0 spiro atoms. The van der Waals surface area contributed by atoms with E-state index in [2.05, 4.69) is 5.32 Å². The number of hydrogen-bond acceptors (Lipinski definition) is 5. The molecule has 0 atom stereocenters. The molecule has 0 saturated carbocycles. The van der Waals surface area contributed by atoms with Gasteiger partial charge in [0.1, 0.15) is 12.3 Å². The number of sulfonamides is 1. The van der Waals surface area contributed by atoms with Crippen molar-refractivity contribution in [3.63, 3.8) is 0 Å². The first kappa shape index (κ1) is 20.9. The van der Waals surface area contributed by atoms with E-state index in [4.69, 9.17) is 10.00 Å². The third kappa shape index (κ3) is 4.77. The summed E-state index contributed by atoms with van der Waals surface area (Å²) in [5.41, 5.74) is 1.11. The minimum atomic E-state index is -3.99. The van der Waals surface area contributed by atoms with Crippen LogP contribution < -0.4 is 14.4 Å². The maximum atomic E-state index is 13.2. The molecule has 3 rings (SSSR count). The van der Waals surface area contributed by atoms with Gasteiger partial charge < -0.3 is 10.1 Å². The van der Waals surface area contributed by atoms with E-state index in [1.807, 2.05) is 6.07 Å². The van der Waals surface area contributed by atoms with Gasteiger partial charge in [0.2, 0.25) is 5.91 Å². The van der Waals surface area contributed by atoms with Crippen LogP contribution in [0.5, 0.6) is 5.75 Å². The van der Waals surface area contributed by atoms with E-state index in [9.17, 15) is 13.2 Å². The van der Waals surface area contributed by atoms with Crippen LogP contribution in [0.2, 0.25) is 0 Å². The van der Waals surface area contributed by atoms with Crippen LogP contribution in [-0.4, -0.2) is 28.0 Å². The molecule has 8 heteroatoms. The van der Waals surface area contributed by atoms with E-state index < -0.39 is 22.5 Å². The molecule has 0 aromatic heterocycles. The quantitative estimate of drug-likeness (QED) is 0.630. The minimum Gasteiger partial charge on any atom is -0.497 e. The molecule has 0 aliphatic carbocycles. The van der Waals surface area contributed by atoms with E-state index in [1.54, 1.807) is 60.7 Å². The first-order chi connectivity index (χ1) is 14.4. The lowest BCUT2D eigenvalue weighted by Gasteiger charge is -2.24. The fourth-order valence-corrected chi connectivity index (χ4v) is 4.22. The third-order valence-electron chi connectivity index (χ3n) is 4.25. The molecule has 0 saturated heterocycles. The van der Waals surface area contributed by atoms with Crippen LogP contribution in [-0.2, 0) is 14.8 Å². The van der Waals surface area contributed by atoms with Crippen LogP contribution in [0.25, 0.3) is 0 Å². The van der Waals surface area contributed by atoms with Gasteiger partial charge in [0.05, 0.1) is 29.3 Å². The second-order valence-electron chi connectivity index (χ2n) is 6.26. The smallest absolute Gasteiger partial charge is 0.264 e. The number of carbonyl (C=O) groups excluding carboxylic acids is 1. The summed E-state index contributed by atoms with van der Waals surface area (Å²) < 4.78 is 32.7. The van der Waals surface area contributed by atoms with Crippen molar-refractivity contribution in [2.45, 2.75) is 4.90 Å². The molecule has 0 fully saturated rings. The number of carbonyl (C=O) groups is 1. The molecule has 3 aromatic rings. The van der Waals surface area contributed by atoms with Gasteiger partial charge in [-0.3, -0.25) is 9.10 Å². The Kier molecular flexibility index (Phi) is 6.35. The van der Waals surface area contributed by atoms with Gasteiger partial charge in [-0.2, -0.15) is 5.26 Å². The van der Waals surface area contributed by atoms with E-state index in [1.165, 1.54) is 25.3 Å². The summed E-state index contributed by atoms with van der Waals surface area (Å²) in [6.45, 7) is -0.444. The van der Waals surface area contributed by atoms with E-state index >= 15 is 0 Å². The fourth-order valence-electron chi connectivity index (χ4n) is 2.78. The fraction of sp³-hybridized carbons (Fsp3) is 0.0909. The Balaban J connectivity index is 1.92. The lowest BCUT2D eigenvalue weighted by molar-refractivity contribution is -0.114. The molecule has 0 aliphatic rings. The van der Waals surface area contributed by atoms with Gasteiger partial charge in [-0.15, -0.1) is 0 Å². The molecule has 3 aromatic carbocycles. The summed E-state index contributed by atoms with van der Waals surface area (Å²) in [5.74, 6) is 0.0222. The average molecular weight is 421 g/mol. The van der Waals surface area contributed by atoms with Crippen LogP contribution in [0.15, 0.2) is 83.8 Å². The molecule has 1 N–H and O–H groups in total. The molecule has 0 bridgehead atoms. The molecule has 0 unspecified atom stereocenters. The molecule has 0 aliphatic heterocycles. The monoisotopic (exact) mass is 421 g/mol. The highest BCUT2D eigenvalue weighted by molar-refractivity contribution is 7.92. The Labute approximate surface area is 175 Å². The first-order valence-electron chi connectivity index (χ1n) is 8.96. The normalized spacial score (nSPS) is 10.7. The second kappa shape index (κ2) is 9.11. The number of anilines is 2. The zero-order valence-electron chi connectivity index (χ0n) is 16.1. The number of nitrogens with one attached hydrogen (secondary N) is 1. The van der Waals surface area contributed by atoms with Gasteiger partial charge >= 0.3 is 0 Å². The molecule has 30 heavy (non-hydrogen) atoms. The Hall–Kier alpha value is -3.83. The van der Waals surface area contributed by atoms with Crippen molar-refractivity contribution in [2.75, 3.05) is 23.3 Å². The Bertz CT molecular complexity index is 1170. The molecular weight excluding hydrogens is 402 g/mol. The Morgan fingerprint density at radius 3 is 2.37 bits per heavy atom. The van der Waals surface area contributed by atoms with Crippen molar-refractivity contribution in [3.8, 4) is 11.8 Å². The zero-order chi connectivity index (χ0) is 21.6. The third-order valence-corrected chi connectivity index (χ3v) is 6.04. The van der Waals surface area contributed by atoms with E-state index in [0.29, 0.717) is 22.7 Å². The van der Waals surface area contributed by atoms with Gasteiger partial charge in [-0.25, -0.2) is 8.42 Å². The summed E-state index contributed by atoms with van der Waals surface area (Å²) >= 11 is 0. The minimum absolute atomic E-state index is 0.0695. The number of benzene rings is 3. The van der Waals surface area contributed by atoms with Gasteiger partial charge in [0, 0.05) is 5.69 Å². The molecule has 0 heterocycles. The van der Waals surface area contributed by atoms with Crippen LogP contribution in [0.4, 0.5) is 11.4 Å². The number of amides is 1.